The summed E-state index contributed by atoms with van der Waals surface area (Å²) in [5.74, 6) is 0. The maximum absolute atomic E-state index is 5.34. The van der Waals surface area contributed by atoms with Crippen molar-refractivity contribution < 1.29 is 4.74 Å². The van der Waals surface area contributed by atoms with E-state index < -0.39 is 0 Å². The topological polar surface area (TPSA) is 34.1 Å². The standard InChI is InChI=1S/C11H20N2OS/c1-5-14-7-8(2)12-6-11-9(3)15-10(4)13-11/h8,12H,5-7H2,1-4H3. The highest BCUT2D eigenvalue weighted by Crippen LogP contribution is 2.15. The van der Waals surface area contributed by atoms with Crippen LogP contribution in [0.25, 0.3) is 0 Å². The molecule has 1 unspecified atom stereocenters. The number of thiazole rings is 1. The first-order chi connectivity index (χ1) is 7.13. The summed E-state index contributed by atoms with van der Waals surface area (Å²) in [6.45, 7) is 10.7. The molecule has 0 fully saturated rings. The van der Waals surface area contributed by atoms with Crippen LogP contribution in [-0.2, 0) is 11.3 Å². The lowest BCUT2D eigenvalue weighted by Gasteiger charge is -2.12. The molecule has 1 rings (SSSR count). The van der Waals surface area contributed by atoms with Crippen molar-refractivity contribution in [2.75, 3.05) is 13.2 Å². The van der Waals surface area contributed by atoms with E-state index in [1.165, 1.54) is 10.6 Å². The lowest BCUT2D eigenvalue weighted by molar-refractivity contribution is 0.127. The second kappa shape index (κ2) is 6.20. The van der Waals surface area contributed by atoms with Gasteiger partial charge in [-0.05, 0) is 27.7 Å². The fourth-order valence-electron chi connectivity index (χ4n) is 1.36. The highest BCUT2D eigenvalue weighted by Gasteiger charge is 2.06. The van der Waals surface area contributed by atoms with E-state index in [0.29, 0.717) is 6.04 Å². The molecule has 86 valence electrons. The van der Waals surface area contributed by atoms with Crippen LogP contribution in [0.3, 0.4) is 0 Å². The second-order valence-corrected chi connectivity index (χ2v) is 5.08. The number of nitrogens with zero attached hydrogens (tertiary/aromatic N) is 1. The molecule has 0 spiro atoms. The van der Waals surface area contributed by atoms with Crippen molar-refractivity contribution >= 4 is 11.3 Å². The van der Waals surface area contributed by atoms with Crippen LogP contribution >= 0.6 is 11.3 Å². The zero-order chi connectivity index (χ0) is 11.3. The van der Waals surface area contributed by atoms with Gasteiger partial charge in [-0.1, -0.05) is 0 Å². The fourth-order valence-corrected chi connectivity index (χ4v) is 2.20. The Morgan fingerprint density at radius 2 is 2.20 bits per heavy atom. The molecule has 15 heavy (non-hydrogen) atoms. The molecular formula is C11H20N2OS. The molecule has 0 saturated carbocycles. The van der Waals surface area contributed by atoms with Gasteiger partial charge < -0.3 is 10.1 Å². The van der Waals surface area contributed by atoms with E-state index in [9.17, 15) is 0 Å². The Hall–Kier alpha value is -0.450. The van der Waals surface area contributed by atoms with Gasteiger partial charge in [0.1, 0.15) is 0 Å². The molecule has 3 nitrogen and oxygen atoms in total. The van der Waals surface area contributed by atoms with Gasteiger partial charge in [-0.25, -0.2) is 4.98 Å². The van der Waals surface area contributed by atoms with Crippen molar-refractivity contribution in [3.05, 3.63) is 15.6 Å². The van der Waals surface area contributed by atoms with Gasteiger partial charge in [-0.15, -0.1) is 11.3 Å². The van der Waals surface area contributed by atoms with E-state index in [-0.39, 0.29) is 0 Å². The number of hydrogen-bond donors (Lipinski definition) is 1. The molecule has 0 amide bonds. The lowest BCUT2D eigenvalue weighted by Crippen LogP contribution is -2.30. The molecule has 0 radical (unpaired) electrons. The number of nitrogens with one attached hydrogen (secondary N) is 1. The SMILES string of the molecule is CCOCC(C)NCc1nc(C)sc1C. The Morgan fingerprint density at radius 3 is 2.73 bits per heavy atom. The van der Waals surface area contributed by atoms with Gasteiger partial charge in [0.2, 0.25) is 0 Å². The molecule has 0 aromatic carbocycles. The van der Waals surface area contributed by atoms with Gasteiger partial charge >= 0.3 is 0 Å². The van der Waals surface area contributed by atoms with E-state index >= 15 is 0 Å². The van der Waals surface area contributed by atoms with E-state index in [0.717, 1.165) is 24.8 Å². The summed E-state index contributed by atoms with van der Waals surface area (Å²) in [6.07, 6.45) is 0. The quantitative estimate of drug-likeness (QED) is 0.811. The van der Waals surface area contributed by atoms with Crippen LogP contribution in [0.5, 0.6) is 0 Å². The summed E-state index contributed by atoms with van der Waals surface area (Å²) in [7, 11) is 0. The van der Waals surface area contributed by atoms with E-state index in [1.807, 2.05) is 13.8 Å². The van der Waals surface area contributed by atoms with Crippen molar-refractivity contribution in [3.63, 3.8) is 0 Å². The molecule has 0 aliphatic heterocycles. The summed E-state index contributed by atoms with van der Waals surface area (Å²) in [5.41, 5.74) is 1.17. The number of aromatic nitrogens is 1. The summed E-state index contributed by atoms with van der Waals surface area (Å²) in [5, 5.41) is 4.55. The molecule has 1 N–H and O–H groups in total. The molecule has 1 heterocycles. The van der Waals surface area contributed by atoms with Gasteiger partial charge in [-0.2, -0.15) is 0 Å². The second-order valence-electron chi connectivity index (χ2n) is 3.68. The summed E-state index contributed by atoms with van der Waals surface area (Å²) < 4.78 is 5.34. The number of ether oxygens (including phenoxy) is 1. The lowest BCUT2D eigenvalue weighted by atomic mass is 10.3. The van der Waals surface area contributed by atoms with Gasteiger partial charge in [0.25, 0.3) is 0 Å². The number of aryl methyl sites for hydroxylation is 2. The summed E-state index contributed by atoms with van der Waals surface area (Å²) in [4.78, 5) is 5.79. The molecule has 0 aliphatic carbocycles. The zero-order valence-electron chi connectivity index (χ0n) is 9.96. The highest BCUT2D eigenvalue weighted by molar-refractivity contribution is 7.11. The van der Waals surface area contributed by atoms with Gasteiger partial charge in [0, 0.05) is 24.1 Å². The normalized spacial score (nSPS) is 13.1. The molecule has 1 atom stereocenters. The summed E-state index contributed by atoms with van der Waals surface area (Å²) >= 11 is 1.76. The third-order valence-electron chi connectivity index (χ3n) is 2.19. The minimum absolute atomic E-state index is 0.381. The molecule has 0 bridgehead atoms. The van der Waals surface area contributed by atoms with Crippen molar-refractivity contribution in [2.45, 2.75) is 40.3 Å². The van der Waals surface area contributed by atoms with Crippen LogP contribution in [0.1, 0.15) is 29.4 Å². The van der Waals surface area contributed by atoms with E-state index in [4.69, 9.17) is 4.74 Å². The zero-order valence-corrected chi connectivity index (χ0v) is 10.8. The maximum Gasteiger partial charge on any atom is 0.0900 e. The minimum Gasteiger partial charge on any atom is -0.380 e. The first-order valence-electron chi connectivity index (χ1n) is 5.37. The third-order valence-corrected chi connectivity index (χ3v) is 3.12. The molecular weight excluding hydrogens is 208 g/mol. The maximum atomic E-state index is 5.34. The monoisotopic (exact) mass is 228 g/mol. The predicted octanol–water partition coefficient (Wildman–Crippen LogP) is 2.27. The first-order valence-corrected chi connectivity index (χ1v) is 6.19. The Labute approximate surface area is 95.9 Å². The number of rotatable bonds is 6. The number of hydrogen-bond acceptors (Lipinski definition) is 4. The largest absolute Gasteiger partial charge is 0.380 e. The van der Waals surface area contributed by atoms with Crippen LogP contribution in [0.15, 0.2) is 0 Å². The van der Waals surface area contributed by atoms with Crippen LogP contribution in [0, 0.1) is 13.8 Å². The Kier molecular flexibility index (Phi) is 5.22. The first kappa shape index (κ1) is 12.6. The Bertz CT molecular complexity index is 299. The smallest absolute Gasteiger partial charge is 0.0900 e. The average Bonchev–Trinajstić information content (AvgIpc) is 2.51. The molecule has 1 aromatic heterocycles. The van der Waals surface area contributed by atoms with Gasteiger partial charge in [-0.3, -0.25) is 0 Å². The summed E-state index contributed by atoms with van der Waals surface area (Å²) in [6, 6.07) is 0.381. The Morgan fingerprint density at radius 1 is 1.47 bits per heavy atom. The van der Waals surface area contributed by atoms with Crippen molar-refractivity contribution in [1.29, 1.82) is 0 Å². The van der Waals surface area contributed by atoms with Gasteiger partial charge in [0.15, 0.2) is 0 Å². The van der Waals surface area contributed by atoms with E-state index in [1.54, 1.807) is 11.3 Å². The van der Waals surface area contributed by atoms with Crippen molar-refractivity contribution in [3.8, 4) is 0 Å². The van der Waals surface area contributed by atoms with E-state index in [2.05, 4.69) is 24.1 Å². The average molecular weight is 228 g/mol. The third kappa shape index (κ3) is 4.28. The predicted molar refractivity (Wildman–Crippen MR) is 64.4 cm³/mol. The highest BCUT2D eigenvalue weighted by atomic mass is 32.1. The molecule has 4 heteroatoms. The van der Waals surface area contributed by atoms with Crippen LogP contribution in [-0.4, -0.2) is 24.2 Å². The fraction of sp³-hybridized carbons (Fsp3) is 0.727. The minimum atomic E-state index is 0.381. The Balaban J connectivity index is 2.33. The van der Waals surface area contributed by atoms with Crippen molar-refractivity contribution in [1.82, 2.24) is 10.3 Å². The molecule has 0 saturated heterocycles. The van der Waals surface area contributed by atoms with Gasteiger partial charge in [0.05, 0.1) is 17.3 Å². The molecule has 0 aliphatic rings. The van der Waals surface area contributed by atoms with Crippen molar-refractivity contribution in [2.24, 2.45) is 0 Å². The molecule has 1 aromatic rings. The van der Waals surface area contributed by atoms with Crippen LogP contribution in [0.2, 0.25) is 0 Å². The van der Waals surface area contributed by atoms with Crippen LogP contribution < -0.4 is 5.32 Å². The van der Waals surface area contributed by atoms with Crippen LogP contribution in [0.4, 0.5) is 0 Å².